The Bertz CT molecular complexity index is 365. The second-order valence-corrected chi connectivity index (χ2v) is 5.36. The van der Waals surface area contributed by atoms with Crippen LogP contribution in [0.4, 0.5) is 0 Å². The Labute approximate surface area is 112 Å². The highest BCUT2D eigenvalue weighted by Crippen LogP contribution is 2.27. The van der Waals surface area contributed by atoms with Crippen LogP contribution >= 0.6 is 0 Å². The zero-order valence-electron chi connectivity index (χ0n) is 12.0. The van der Waals surface area contributed by atoms with Crippen molar-refractivity contribution in [2.75, 3.05) is 0 Å². The molecule has 1 rings (SSSR count). The van der Waals surface area contributed by atoms with Crippen molar-refractivity contribution < 1.29 is 4.79 Å². The van der Waals surface area contributed by atoms with Gasteiger partial charge < -0.3 is 0 Å². The third-order valence-electron chi connectivity index (χ3n) is 3.75. The van der Waals surface area contributed by atoms with Gasteiger partial charge in [0.15, 0.2) is 5.78 Å². The van der Waals surface area contributed by atoms with Crippen LogP contribution in [-0.4, -0.2) is 13.6 Å². The quantitative estimate of drug-likeness (QED) is 0.546. The average Bonchev–Trinajstić information content (AvgIpc) is 2.41. The highest BCUT2D eigenvalue weighted by atomic mass is 16.1. The van der Waals surface area contributed by atoms with Gasteiger partial charge in [0.25, 0.3) is 0 Å². The maximum atomic E-state index is 12.3. The standard InChI is InChI=1S/C16H25BO/c1-4-14-15(6-5-11-17)13(3)9-7-12(2)8-10-16(14)18/h4,7,9,12-13H,1,5-6,8,10-11,17H2,2-3H3/b9-7-,15-14-/t12?,13-/m0/s1. The van der Waals surface area contributed by atoms with Crippen molar-refractivity contribution in [3.63, 3.8) is 0 Å². The summed E-state index contributed by atoms with van der Waals surface area (Å²) in [6.07, 6.45) is 11.2. The van der Waals surface area contributed by atoms with Crippen LogP contribution in [-0.2, 0) is 4.79 Å². The molecule has 0 spiro atoms. The lowest BCUT2D eigenvalue weighted by atomic mass is 9.87. The molecule has 0 heterocycles. The van der Waals surface area contributed by atoms with Crippen LogP contribution in [0.15, 0.2) is 36.0 Å². The summed E-state index contributed by atoms with van der Waals surface area (Å²) in [7, 11) is 2.19. The van der Waals surface area contributed by atoms with Gasteiger partial charge in [0.05, 0.1) is 0 Å². The largest absolute Gasteiger partial charge is 0.294 e. The third-order valence-corrected chi connectivity index (χ3v) is 3.75. The minimum Gasteiger partial charge on any atom is -0.294 e. The summed E-state index contributed by atoms with van der Waals surface area (Å²) in [5.41, 5.74) is 2.16. The molecule has 1 unspecified atom stereocenters. The van der Waals surface area contributed by atoms with Crippen molar-refractivity contribution in [1.29, 1.82) is 0 Å². The van der Waals surface area contributed by atoms with E-state index in [0.29, 0.717) is 18.3 Å². The molecule has 0 fully saturated rings. The minimum absolute atomic E-state index is 0.276. The van der Waals surface area contributed by atoms with E-state index in [9.17, 15) is 4.79 Å². The van der Waals surface area contributed by atoms with Crippen LogP contribution in [0.3, 0.4) is 0 Å². The van der Waals surface area contributed by atoms with E-state index in [2.05, 4.69) is 40.4 Å². The first-order valence-corrected chi connectivity index (χ1v) is 7.17. The molecule has 1 nitrogen and oxygen atoms in total. The lowest BCUT2D eigenvalue weighted by molar-refractivity contribution is -0.115. The first-order chi connectivity index (χ1) is 8.60. The fourth-order valence-electron chi connectivity index (χ4n) is 2.46. The second-order valence-electron chi connectivity index (χ2n) is 5.36. The number of hydrogen-bond donors (Lipinski definition) is 0. The molecule has 0 aromatic heterocycles. The van der Waals surface area contributed by atoms with Crippen LogP contribution in [0.25, 0.3) is 0 Å². The Morgan fingerprint density at radius 3 is 2.78 bits per heavy atom. The smallest absolute Gasteiger partial charge is 0.162 e. The summed E-state index contributed by atoms with van der Waals surface area (Å²) in [5, 5.41) is 0. The van der Waals surface area contributed by atoms with E-state index >= 15 is 0 Å². The van der Waals surface area contributed by atoms with E-state index in [-0.39, 0.29) is 5.78 Å². The van der Waals surface area contributed by atoms with Gasteiger partial charge in [-0.1, -0.05) is 57.0 Å². The Morgan fingerprint density at radius 1 is 1.44 bits per heavy atom. The molecule has 0 saturated heterocycles. The molecule has 18 heavy (non-hydrogen) atoms. The molecule has 0 N–H and O–H groups in total. The molecule has 0 radical (unpaired) electrons. The van der Waals surface area contributed by atoms with E-state index in [0.717, 1.165) is 31.2 Å². The first kappa shape index (κ1) is 15.0. The van der Waals surface area contributed by atoms with Gasteiger partial charge in [0.2, 0.25) is 0 Å². The summed E-state index contributed by atoms with van der Waals surface area (Å²) in [6, 6.07) is 0. The van der Waals surface area contributed by atoms with Gasteiger partial charge in [-0.2, -0.15) is 0 Å². The van der Waals surface area contributed by atoms with E-state index < -0.39 is 0 Å². The van der Waals surface area contributed by atoms with Crippen LogP contribution < -0.4 is 0 Å². The molecule has 1 aliphatic rings. The van der Waals surface area contributed by atoms with Crippen LogP contribution in [0.5, 0.6) is 0 Å². The predicted molar refractivity (Wildman–Crippen MR) is 81.5 cm³/mol. The van der Waals surface area contributed by atoms with E-state index in [4.69, 9.17) is 0 Å². The zero-order valence-corrected chi connectivity index (χ0v) is 12.0. The first-order valence-electron chi connectivity index (χ1n) is 7.17. The van der Waals surface area contributed by atoms with Crippen molar-refractivity contribution in [3.8, 4) is 0 Å². The monoisotopic (exact) mass is 244 g/mol. The lowest BCUT2D eigenvalue weighted by Crippen LogP contribution is -2.08. The molecule has 0 aromatic rings. The summed E-state index contributed by atoms with van der Waals surface area (Å²) in [6.45, 7) is 8.22. The molecule has 0 bridgehead atoms. The topological polar surface area (TPSA) is 17.1 Å². The van der Waals surface area contributed by atoms with Gasteiger partial charge in [0, 0.05) is 12.0 Å². The highest BCUT2D eigenvalue weighted by Gasteiger charge is 2.18. The van der Waals surface area contributed by atoms with E-state index in [1.54, 1.807) is 6.08 Å². The Hall–Kier alpha value is -1.05. The Balaban J connectivity index is 3.09. The molecular weight excluding hydrogens is 219 g/mol. The number of ketones is 1. The summed E-state index contributed by atoms with van der Waals surface area (Å²) in [5.74, 6) is 1.13. The zero-order chi connectivity index (χ0) is 13.5. The SMILES string of the molecule is BCCC/C1=C(\C=C)C(=O)CCC(C)/C=C\[C@@H]1C. The molecule has 98 valence electrons. The number of carbonyl (C=O) groups excluding carboxylic acids is 1. The summed E-state index contributed by atoms with van der Waals surface area (Å²) in [4.78, 5) is 12.3. The minimum atomic E-state index is 0.276. The molecule has 1 aliphatic carbocycles. The van der Waals surface area contributed by atoms with Crippen molar-refractivity contribution >= 4 is 13.6 Å². The number of carbonyl (C=O) groups is 1. The molecule has 0 aliphatic heterocycles. The lowest BCUT2D eigenvalue weighted by Gasteiger charge is -2.15. The molecule has 2 atom stereocenters. The Kier molecular flexibility index (Phi) is 6.17. The van der Waals surface area contributed by atoms with Crippen molar-refractivity contribution in [1.82, 2.24) is 0 Å². The second kappa shape index (κ2) is 7.40. The molecular formula is C16H25BO. The van der Waals surface area contributed by atoms with Gasteiger partial charge in [-0.05, 0) is 24.7 Å². The fraction of sp³-hybridized carbons (Fsp3) is 0.562. The van der Waals surface area contributed by atoms with Crippen LogP contribution in [0.1, 0.15) is 39.5 Å². The highest BCUT2D eigenvalue weighted by molar-refractivity contribution is 6.08. The fourth-order valence-corrected chi connectivity index (χ4v) is 2.46. The predicted octanol–water partition coefficient (Wildman–Crippen LogP) is 3.49. The third kappa shape index (κ3) is 4.01. The summed E-state index contributed by atoms with van der Waals surface area (Å²) >= 11 is 0. The van der Waals surface area contributed by atoms with Crippen molar-refractivity contribution in [2.45, 2.75) is 45.9 Å². The van der Waals surface area contributed by atoms with Gasteiger partial charge in [-0.15, -0.1) is 0 Å². The average molecular weight is 244 g/mol. The number of Topliss-reactive ketones (excluding diaryl/α,β-unsaturated/α-hetero) is 1. The van der Waals surface area contributed by atoms with Crippen molar-refractivity contribution in [2.24, 2.45) is 11.8 Å². The van der Waals surface area contributed by atoms with E-state index in [1.807, 2.05) is 0 Å². The number of hydrogen-bond acceptors (Lipinski definition) is 1. The van der Waals surface area contributed by atoms with Gasteiger partial charge in [-0.25, -0.2) is 0 Å². The molecule has 0 aromatic carbocycles. The van der Waals surface area contributed by atoms with Gasteiger partial charge in [0.1, 0.15) is 7.85 Å². The van der Waals surface area contributed by atoms with Crippen LogP contribution in [0, 0.1) is 11.8 Å². The number of allylic oxidation sites excluding steroid dienone is 5. The Morgan fingerprint density at radius 2 is 2.17 bits per heavy atom. The normalized spacial score (nSPS) is 31.3. The maximum absolute atomic E-state index is 12.3. The molecule has 2 heteroatoms. The van der Waals surface area contributed by atoms with Gasteiger partial charge >= 0.3 is 0 Å². The molecule has 0 saturated carbocycles. The van der Waals surface area contributed by atoms with Crippen LogP contribution in [0.2, 0.25) is 6.32 Å². The van der Waals surface area contributed by atoms with Crippen molar-refractivity contribution in [3.05, 3.63) is 36.0 Å². The molecule has 0 amide bonds. The van der Waals surface area contributed by atoms with E-state index in [1.165, 1.54) is 5.57 Å². The maximum Gasteiger partial charge on any atom is 0.162 e. The van der Waals surface area contributed by atoms with Gasteiger partial charge in [-0.3, -0.25) is 4.79 Å². The number of rotatable bonds is 4. The summed E-state index contributed by atoms with van der Waals surface area (Å²) < 4.78 is 0.